The Kier molecular flexibility index (Phi) is 4.30. The maximum absolute atomic E-state index is 13.6. The molecular weight excluding hydrogens is 338 g/mol. The third-order valence-electron chi connectivity index (χ3n) is 4.81. The van der Waals surface area contributed by atoms with Crippen molar-refractivity contribution in [2.75, 3.05) is 6.54 Å². The lowest BCUT2D eigenvalue weighted by molar-refractivity contribution is -0.138. The van der Waals surface area contributed by atoms with Crippen LogP contribution in [-0.2, 0) is 0 Å². The van der Waals surface area contributed by atoms with Crippen LogP contribution in [0.5, 0.6) is 0 Å². The number of aromatic nitrogens is 1. The first-order valence-electron chi connectivity index (χ1n) is 7.86. The molecule has 2 atom stereocenters. The van der Waals surface area contributed by atoms with Crippen LogP contribution in [0, 0.1) is 5.92 Å². The molecule has 130 valence electrons. The van der Waals surface area contributed by atoms with Gasteiger partial charge < -0.3 is 15.4 Å². The summed E-state index contributed by atoms with van der Waals surface area (Å²) in [6, 6.07) is 5.26. The monoisotopic (exact) mass is 356 g/mol. The Morgan fingerprint density at radius 3 is 2.92 bits per heavy atom. The van der Waals surface area contributed by atoms with E-state index in [0.29, 0.717) is 16.0 Å². The summed E-state index contributed by atoms with van der Waals surface area (Å²) in [5.74, 6) is -4.08. The number of rotatable bonds is 3. The van der Waals surface area contributed by atoms with E-state index < -0.39 is 23.3 Å². The number of carbonyl (C=O) groups is 1. The lowest BCUT2D eigenvalue weighted by Crippen LogP contribution is -2.50. The SMILES string of the molecule is CC1CC(O)(CNC(=O)c2c[nH]c3cccc(Cl)c23)CCC1(F)F. The van der Waals surface area contributed by atoms with E-state index >= 15 is 0 Å². The van der Waals surface area contributed by atoms with Crippen molar-refractivity contribution >= 4 is 28.4 Å². The number of alkyl halides is 2. The molecule has 1 aromatic heterocycles. The van der Waals surface area contributed by atoms with Gasteiger partial charge in [0, 0.05) is 36.0 Å². The van der Waals surface area contributed by atoms with Gasteiger partial charge in [-0.15, -0.1) is 0 Å². The highest BCUT2D eigenvalue weighted by atomic mass is 35.5. The second kappa shape index (κ2) is 6.01. The van der Waals surface area contributed by atoms with E-state index in [1.54, 1.807) is 24.4 Å². The highest BCUT2D eigenvalue weighted by Gasteiger charge is 2.47. The number of carbonyl (C=O) groups excluding carboxylic acids is 1. The summed E-state index contributed by atoms with van der Waals surface area (Å²) in [6.07, 6.45) is 1.08. The Morgan fingerprint density at radius 1 is 1.46 bits per heavy atom. The maximum Gasteiger partial charge on any atom is 0.253 e. The third kappa shape index (κ3) is 3.13. The van der Waals surface area contributed by atoms with Crippen molar-refractivity contribution in [1.82, 2.24) is 10.3 Å². The van der Waals surface area contributed by atoms with Gasteiger partial charge in [-0.25, -0.2) is 8.78 Å². The van der Waals surface area contributed by atoms with E-state index in [9.17, 15) is 18.7 Å². The van der Waals surface area contributed by atoms with Crippen molar-refractivity contribution in [2.45, 2.75) is 37.7 Å². The van der Waals surface area contributed by atoms with Crippen LogP contribution in [0.3, 0.4) is 0 Å². The first kappa shape index (κ1) is 17.2. The molecule has 24 heavy (non-hydrogen) atoms. The maximum atomic E-state index is 13.6. The van der Waals surface area contributed by atoms with Crippen LogP contribution >= 0.6 is 11.6 Å². The fourth-order valence-corrected chi connectivity index (χ4v) is 3.56. The molecule has 0 saturated heterocycles. The number of halogens is 3. The van der Waals surface area contributed by atoms with Crippen LogP contribution in [-0.4, -0.2) is 34.1 Å². The molecule has 7 heteroatoms. The van der Waals surface area contributed by atoms with Crippen LogP contribution in [0.2, 0.25) is 5.02 Å². The van der Waals surface area contributed by atoms with Gasteiger partial charge in [-0.1, -0.05) is 24.6 Å². The van der Waals surface area contributed by atoms with Gasteiger partial charge >= 0.3 is 0 Å². The summed E-state index contributed by atoms with van der Waals surface area (Å²) in [7, 11) is 0. The molecule has 4 nitrogen and oxygen atoms in total. The number of amides is 1. The molecule has 0 radical (unpaired) electrons. The second-order valence-electron chi connectivity index (χ2n) is 6.64. The number of H-pyrrole nitrogens is 1. The van der Waals surface area contributed by atoms with E-state index in [4.69, 9.17) is 11.6 Å². The predicted octanol–water partition coefficient (Wildman–Crippen LogP) is 3.74. The molecular formula is C17H19ClF2N2O2. The summed E-state index contributed by atoms with van der Waals surface area (Å²) >= 11 is 6.14. The summed E-state index contributed by atoms with van der Waals surface area (Å²) in [5.41, 5.74) is -0.210. The fraction of sp³-hybridized carbons (Fsp3) is 0.471. The van der Waals surface area contributed by atoms with Crippen LogP contribution in [0.25, 0.3) is 10.9 Å². The summed E-state index contributed by atoms with van der Waals surface area (Å²) in [6.45, 7) is 1.36. The Hall–Kier alpha value is -1.66. The summed E-state index contributed by atoms with van der Waals surface area (Å²) in [5, 5.41) is 14.2. The van der Waals surface area contributed by atoms with Crippen molar-refractivity contribution in [3.8, 4) is 0 Å². The van der Waals surface area contributed by atoms with Crippen LogP contribution in [0.1, 0.15) is 36.5 Å². The highest BCUT2D eigenvalue weighted by molar-refractivity contribution is 6.36. The number of nitrogens with one attached hydrogen (secondary N) is 2. The molecule has 1 amide bonds. The van der Waals surface area contributed by atoms with Crippen molar-refractivity contribution in [2.24, 2.45) is 5.92 Å². The quantitative estimate of drug-likeness (QED) is 0.784. The smallest absolute Gasteiger partial charge is 0.253 e. The topological polar surface area (TPSA) is 65.1 Å². The predicted molar refractivity (Wildman–Crippen MR) is 88.6 cm³/mol. The van der Waals surface area contributed by atoms with Crippen LogP contribution in [0.4, 0.5) is 8.78 Å². The molecule has 1 aliphatic carbocycles. The molecule has 1 fully saturated rings. The van der Waals surface area contributed by atoms with E-state index in [1.807, 2.05) is 0 Å². The van der Waals surface area contributed by atoms with Crippen molar-refractivity contribution in [3.63, 3.8) is 0 Å². The molecule has 3 rings (SSSR count). The molecule has 1 heterocycles. The normalized spacial score (nSPS) is 26.5. The van der Waals surface area contributed by atoms with E-state index in [-0.39, 0.29) is 25.8 Å². The summed E-state index contributed by atoms with van der Waals surface area (Å²) < 4.78 is 27.1. The first-order valence-corrected chi connectivity index (χ1v) is 8.24. The standard InChI is InChI=1S/C17H19ClF2N2O2/c1-10-7-16(24,5-6-17(10,19)20)9-22-15(23)11-8-21-13-4-2-3-12(18)14(11)13/h2-4,8,10,21,24H,5-7,9H2,1H3,(H,22,23). The average Bonchev–Trinajstić information content (AvgIpc) is 2.95. The van der Waals surface area contributed by atoms with Gasteiger partial charge in [0.05, 0.1) is 16.2 Å². The third-order valence-corrected chi connectivity index (χ3v) is 5.12. The second-order valence-corrected chi connectivity index (χ2v) is 7.05. The number of aliphatic hydroxyl groups is 1. The van der Waals surface area contributed by atoms with Crippen molar-refractivity contribution in [1.29, 1.82) is 0 Å². The van der Waals surface area contributed by atoms with Crippen molar-refractivity contribution < 1.29 is 18.7 Å². The van der Waals surface area contributed by atoms with Gasteiger partial charge in [-0.3, -0.25) is 4.79 Å². The molecule has 2 unspecified atom stereocenters. The first-order chi connectivity index (χ1) is 11.2. The number of fused-ring (bicyclic) bond motifs is 1. The highest BCUT2D eigenvalue weighted by Crippen LogP contribution is 2.42. The van der Waals surface area contributed by atoms with Crippen LogP contribution < -0.4 is 5.32 Å². The van der Waals surface area contributed by atoms with Gasteiger partial charge in [-0.2, -0.15) is 0 Å². The number of hydrogen-bond donors (Lipinski definition) is 3. The molecule has 1 saturated carbocycles. The Morgan fingerprint density at radius 2 is 2.21 bits per heavy atom. The minimum absolute atomic E-state index is 0.0424. The lowest BCUT2D eigenvalue weighted by Gasteiger charge is -2.40. The minimum Gasteiger partial charge on any atom is -0.388 e. The fourth-order valence-electron chi connectivity index (χ4n) is 3.29. The molecule has 0 aliphatic heterocycles. The van der Waals surface area contributed by atoms with Gasteiger partial charge in [0.2, 0.25) is 0 Å². The minimum atomic E-state index is -2.76. The molecule has 1 aromatic carbocycles. The molecule has 1 aliphatic rings. The lowest BCUT2D eigenvalue weighted by atomic mass is 9.76. The number of benzene rings is 1. The zero-order valence-corrected chi connectivity index (χ0v) is 14.0. The molecule has 2 aromatic rings. The molecule has 0 spiro atoms. The van der Waals surface area contributed by atoms with Crippen LogP contribution in [0.15, 0.2) is 24.4 Å². The summed E-state index contributed by atoms with van der Waals surface area (Å²) in [4.78, 5) is 15.4. The van der Waals surface area contributed by atoms with Crippen molar-refractivity contribution in [3.05, 3.63) is 35.0 Å². The van der Waals surface area contributed by atoms with E-state index in [0.717, 1.165) is 5.52 Å². The largest absolute Gasteiger partial charge is 0.388 e. The number of hydrogen-bond acceptors (Lipinski definition) is 2. The Balaban J connectivity index is 1.71. The molecule has 0 bridgehead atoms. The van der Waals surface area contributed by atoms with Gasteiger partial charge in [0.15, 0.2) is 0 Å². The Labute approximate surface area is 143 Å². The molecule has 3 N–H and O–H groups in total. The van der Waals surface area contributed by atoms with Gasteiger partial charge in [-0.05, 0) is 25.0 Å². The zero-order chi connectivity index (χ0) is 17.5. The average molecular weight is 357 g/mol. The van der Waals surface area contributed by atoms with E-state index in [1.165, 1.54) is 6.92 Å². The Bertz CT molecular complexity index is 777. The van der Waals surface area contributed by atoms with E-state index in [2.05, 4.69) is 10.3 Å². The van der Waals surface area contributed by atoms with Gasteiger partial charge in [0.1, 0.15) is 0 Å². The zero-order valence-electron chi connectivity index (χ0n) is 13.2. The van der Waals surface area contributed by atoms with Gasteiger partial charge in [0.25, 0.3) is 11.8 Å². The number of aromatic amines is 1.